The number of hydrogen-bond acceptors (Lipinski definition) is 2. The van der Waals surface area contributed by atoms with Gasteiger partial charge in [-0.2, -0.15) is 0 Å². The van der Waals surface area contributed by atoms with E-state index in [4.69, 9.17) is 10.8 Å². The van der Waals surface area contributed by atoms with Gasteiger partial charge in [-0.3, -0.25) is 4.99 Å². The van der Waals surface area contributed by atoms with Gasteiger partial charge < -0.3 is 10.8 Å². The second-order valence-corrected chi connectivity index (χ2v) is 3.49. The van der Waals surface area contributed by atoms with Crippen molar-refractivity contribution in [1.29, 1.82) is 0 Å². The summed E-state index contributed by atoms with van der Waals surface area (Å²) in [6, 6.07) is 0. The number of aliphatic hydroxyl groups is 1. The van der Waals surface area contributed by atoms with E-state index in [-0.39, 0.29) is 11.3 Å². The molecule has 3 nitrogen and oxygen atoms in total. The molecule has 0 aliphatic rings. The molecule has 0 bridgehead atoms. The maximum absolute atomic E-state index is 8.82. The van der Waals surface area contributed by atoms with E-state index in [1.165, 1.54) is 6.08 Å². The highest BCUT2D eigenvalue weighted by Crippen LogP contribution is 2.05. The number of hydrogen-bond donors (Lipinski definition) is 2. The van der Waals surface area contributed by atoms with Crippen LogP contribution < -0.4 is 5.73 Å². The number of allylic oxidation sites excluding steroid dienone is 1. The summed E-state index contributed by atoms with van der Waals surface area (Å²) >= 11 is 0. The smallest absolute Gasteiger partial charge is 0.122 e. The molecule has 0 spiro atoms. The standard InChI is InChI=1S/C8H16N2O/c1-6(11)5-7(9)10-8(2,3)4/h5,11H,1-4H3,(H2,9,10)/b6-5-. The molecule has 3 N–H and O–H groups in total. The highest BCUT2D eigenvalue weighted by molar-refractivity contribution is 5.91. The zero-order valence-corrected chi connectivity index (χ0v) is 7.55. The highest BCUT2D eigenvalue weighted by Gasteiger charge is 2.06. The molecule has 0 amide bonds. The SMILES string of the molecule is C/C(O)=C/C(N)=NC(C)(C)C. The van der Waals surface area contributed by atoms with Gasteiger partial charge in [0.2, 0.25) is 0 Å². The van der Waals surface area contributed by atoms with Crippen LogP contribution in [0.5, 0.6) is 0 Å². The summed E-state index contributed by atoms with van der Waals surface area (Å²) in [5, 5.41) is 8.82. The summed E-state index contributed by atoms with van der Waals surface area (Å²) < 4.78 is 0. The molecule has 11 heavy (non-hydrogen) atoms. The van der Waals surface area contributed by atoms with Crippen molar-refractivity contribution in [3.63, 3.8) is 0 Å². The molecule has 0 aromatic carbocycles. The van der Waals surface area contributed by atoms with Gasteiger partial charge in [0.25, 0.3) is 0 Å². The van der Waals surface area contributed by atoms with E-state index in [0.29, 0.717) is 5.84 Å². The van der Waals surface area contributed by atoms with Crippen LogP contribution in [0, 0.1) is 0 Å². The zero-order chi connectivity index (χ0) is 9.07. The first-order valence-electron chi connectivity index (χ1n) is 3.54. The molecule has 0 rings (SSSR count). The lowest BCUT2D eigenvalue weighted by molar-refractivity contribution is 0.415. The van der Waals surface area contributed by atoms with Crippen LogP contribution in [0.2, 0.25) is 0 Å². The van der Waals surface area contributed by atoms with E-state index in [1.807, 2.05) is 20.8 Å². The first kappa shape index (κ1) is 10.0. The number of aliphatic hydroxyl groups excluding tert-OH is 1. The molecule has 0 aliphatic carbocycles. The van der Waals surface area contributed by atoms with Crippen molar-refractivity contribution < 1.29 is 5.11 Å². The molecule has 0 unspecified atom stereocenters. The summed E-state index contributed by atoms with van der Waals surface area (Å²) in [5.74, 6) is 0.535. The zero-order valence-electron chi connectivity index (χ0n) is 7.55. The van der Waals surface area contributed by atoms with Crippen LogP contribution in [-0.4, -0.2) is 16.5 Å². The molecule has 0 aromatic rings. The van der Waals surface area contributed by atoms with Gasteiger partial charge in [0.1, 0.15) is 5.84 Å². The summed E-state index contributed by atoms with van der Waals surface area (Å²) in [7, 11) is 0. The lowest BCUT2D eigenvalue weighted by Crippen LogP contribution is -2.18. The van der Waals surface area contributed by atoms with Crippen molar-refractivity contribution >= 4 is 5.84 Å². The third-order valence-corrected chi connectivity index (χ3v) is 0.821. The molecule has 0 saturated carbocycles. The van der Waals surface area contributed by atoms with Crippen molar-refractivity contribution in [1.82, 2.24) is 0 Å². The highest BCUT2D eigenvalue weighted by atomic mass is 16.3. The Kier molecular flexibility index (Phi) is 3.11. The van der Waals surface area contributed by atoms with Crippen molar-refractivity contribution in [3.05, 3.63) is 11.8 Å². The Labute approximate surface area is 67.6 Å². The molecule has 0 radical (unpaired) electrons. The number of rotatable bonds is 1. The molecule has 0 saturated heterocycles. The lowest BCUT2D eigenvalue weighted by atomic mass is 10.1. The first-order valence-corrected chi connectivity index (χ1v) is 3.54. The normalized spacial score (nSPS) is 15.3. The average molecular weight is 156 g/mol. The number of nitrogens with two attached hydrogens (primary N) is 1. The van der Waals surface area contributed by atoms with Crippen LogP contribution in [0.3, 0.4) is 0 Å². The molecule has 0 aliphatic heterocycles. The van der Waals surface area contributed by atoms with Crippen molar-refractivity contribution in [2.45, 2.75) is 33.2 Å². The Balaban J connectivity index is 4.36. The minimum absolute atomic E-state index is 0.176. The minimum atomic E-state index is -0.184. The van der Waals surface area contributed by atoms with E-state index < -0.39 is 0 Å². The van der Waals surface area contributed by atoms with Gasteiger partial charge in [-0.15, -0.1) is 0 Å². The van der Waals surface area contributed by atoms with Gasteiger partial charge in [0.15, 0.2) is 0 Å². The second-order valence-electron chi connectivity index (χ2n) is 3.49. The summed E-state index contributed by atoms with van der Waals surface area (Å²) in [6.07, 6.45) is 1.44. The van der Waals surface area contributed by atoms with Crippen LogP contribution in [0.4, 0.5) is 0 Å². The molecule has 0 atom stereocenters. The fourth-order valence-corrected chi connectivity index (χ4v) is 0.634. The third kappa shape index (κ3) is 6.90. The molecular weight excluding hydrogens is 140 g/mol. The fraction of sp³-hybridized carbons (Fsp3) is 0.625. The van der Waals surface area contributed by atoms with Crippen LogP contribution >= 0.6 is 0 Å². The van der Waals surface area contributed by atoms with Crippen LogP contribution in [0.15, 0.2) is 16.8 Å². The van der Waals surface area contributed by atoms with Gasteiger partial charge in [-0.05, 0) is 27.7 Å². The third-order valence-electron chi connectivity index (χ3n) is 0.821. The lowest BCUT2D eigenvalue weighted by Gasteiger charge is -2.11. The summed E-state index contributed by atoms with van der Waals surface area (Å²) in [5.41, 5.74) is 5.29. The van der Waals surface area contributed by atoms with Crippen molar-refractivity contribution in [2.24, 2.45) is 10.7 Å². The van der Waals surface area contributed by atoms with Crippen molar-refractivity contribution in [3.8, 4) is 0 Å². The van der Waals surface area contributed by atoms with E-state index in [1.54, 1.807) is 6.92 Å². The topological polar surface area (TPSA) is 58.6 Å². The first-order chi connectivity index (χ1) is 4.81. The van der Waals surface area contributed by atoms with Gasteiger partial charge in [-0.1, -0.05) is 0 Å². The Morgan fingerprint density at radius 2 is 1.91 bits per heavy atom. The van der Waals surface area contributed by atoms with E-state index >= 15 is 0 Å². The predicted molar refractivity (Wildman–Crippen MR) is 47.8 cm³/mol. The summed E-state index contributed by atoms with van der Waals surface area (Å²) in [4.78, 5) is 4.11. The van der Waals surface area contributed by atoms with Gasteiger partial charge >= 0.3 is 0 Å². The van der Waals surface area contributed by atoms with Crippen LogP contribution in [0.1, 0.15) is 27.7 Å². The molecule has 64 valence electrons. The van der Waals surface area contributed by atoms with Crippen molar-refractivity contribution in [2.75, 3.05) is 0 Å². The Morgan fingerprint density at radius 3 is 2.18 bits per heavy atom. The molecule has 0 fully saturated rings. The molecular formula is C8H16N2O. The largest absolute Gasteiger partial charge is 0.512 e. The Hall–Kier alpha value is -0.990. The van der Waals surface area contributed by atoms with E-state index in [0.717, 1.165) is 0 Å². The Bertz CT molecular complexity index is 183. The maximum atomic E-state index is 8.82. The number of amidine groups is 1. The summed E-state index contributed by atoms with van der Waals surface area (Å²) in [6.45, 7) is 7.40. The van der Waals surface area contributed by atoms with E-state index in [2.05, 4.69) is 4.99 Å². The average Bonchev–Trinajstić information content (AvgIpc) is 1.53. The van der Waals surface area contributed by atoms with Gasteiger partial charge in [-0.25, -0.2) is 0 Å². The van der Waals surface area contributed by atoms with E-state index in [9.17, 15) is 0 Å². The maximum Gasteiger partial charge on any atom is 0.122 e. The van der Waals surface area contributed by atoms with Gasteiger partial charge in [0.05, 0.1) is 11.3 Å². The van der Waals surface area contributed by atoms with Crippen LogP contribution in [0.25, 0.3) is 0 Å². The second kappa shape index (κ2) is 3.42. The number of aliphatic imine (C=N–C) groups is 1. The number of nitrogens with zero attached hydrogens (tertiary/aromatic N) is 1. The van der Waals surface area contributed by atoms with Gasteiger partial charge in [0, 0.05) is 6.08 Å². The quantitative estimate of drug-likeness (QED) is 0.344. The molecule has 0 heterocycles. The Morgan fingerprint density at radius 1 is 1.45 bits per heavy atom. The monoisotopic (exact) mass is 156 g/mol. The molecule has 3 heteroatoms. The minimum Gasteiger partial charge on any atom is -0.512 e. The van der Waals surface area contributed by atoms with Crippen LogP contribution in [-0.2, 0) is 0 Å². The fourth-order valence-electron chi connectivity index (χ4n) is 0.634. The predicted octanol–water partition coefficient (Wildman–Crippen LogP) is 1.60. The molecule has 0 aromatic heterocycles.